The fraction of sp³-hybridized carbons (Fsp3) is 0.353. The van der Waals surface area contributed by atoms with Crippen molar-refractivity contribution in [2.75, 3.05) is 13.2 Å². The molecule has 120 valence electrons. The Morgan fingerprint density at radius 2 is 2.48 bits per heavy atom. The van der Waals surface area contributed by atoms with Gasteiger partial charge in [-0.1, -0.05) is 12.6 Å². The number of rotatable bonds is 4. The first kappa shape index (κ1) is 15.5. The number of carbonyl (C=O) groups excluding carboxylic acids is 1. The summed E-state index contributed by atoms with van der Waals surface area (Å²) in [7, 11) is 0. The number of hydrogen-bond acceptors (Lipinski definition) is 4. The molecule has 23 heavy (non-hydrogen) atoms. The number of aliphatic hydroxyl groups is 1. The summed E-state index contributed by atoms with van der Waals surface area (Å²) in [5.41, 5.74) is 3.54. The number of pyridine rings is 1. The highest BCUT2D eigenvalue weighted by Crippen LogP contribution is 2.21. The fourth-order valence-electron chi connectivity index (χ4n) is 2.89. The summed E-state index contributed by atoms with van der Waals surface area (Å²) >= 11 is 0. The smallest absolute Gasteiger partial charge is 0.294 e. The Morgan fingerprint density at radius 3 is 3.26 bits per heavy atom. The first-order valence-electron chi connectivity index (χ1n) is 7.57. The third kappa shape index (κ3) is 3.05. The van der Waals surface area contributed by atoms with Crippen LogP contribution in [0.25, 0.3) is 5.52 Å². The standard InChI is InChI=1S/C17H19N3O3/c1-2-7-20(13-6-9-23-15(10-13)12-21)17(22)16-18-11-14-5-3-4-8-19(14)16/h3-5,7-8,11,13,15,21H,1,6,9-10,12H2. The van der Waals surface area contributed by atoms with Crippen LogP contribution in [0.2, 0.25) is 0 Å². The van der Waals surface area contributed by atoms with E-state index in [9.17, 15) is 9.90 Å². The molecular weight excluding hydrogens is 294 g/mol. The summed E-state index contributed by atoms with van der Waals surface area (Å²) < 4.78 is 7.23. The van der Waals surface area contributed by atoms with Crippen LogP contribution in [0, 0.1) is 0 Å². The average Bonchev–Trinajstić information content (AvgIpc) is 3.03. The van der Waals surface area contributed by atoms with Crippen LogP contribution in [0.15, 0.2) is 49.1 Å². The fourth-order valence-corrected chi connectivity index (χ4v) is 2.89. The zero-order valence-corrected chi connectivity index (χ0v) is 12.8. The third-order valence-corrected chi connectivity index (χ3v) is 4.03. The molecule has 0 aromatic carbocycles. The number of aromatic nitrogens is 2. The average molecular weight is 313 g/mol. The molecule has 1 aliphatic heterocycles. The van der Waals surface area contributed by atoms with Gasteiger partial charge >= 0.3 is 0 Å². The molecule has 2 aromatic rings. The number of ether oxygens (including phenoxy) is 1. The Kier molecular flexibility index (Phi) is 4.57. The van der Waals surface area contributed by atoms with Gasteiger partial charge in [0.2, 0.25) is 5.82 Å². The highest BCUT2D eigenvalue weighted by atomic mass is 16.5. The Morgan fingerprint density at radius 1 is 1.61 bits per heavy atom. The molecule has 1 fully saturated rings. The van der Waals surface area contributed by atoms with Crippen LogP contribution in [0.4, 0.5) is 0 Å². The van der Waals surface area contributed by atoms with Crippen LogP contribution in [0.5, 0.6) is 0 Å². The largest absolute Gasteiger partial charge is 0.394 e. The SMILES string of the molecule is C=C=CN(C(=O)c1ncc2ccccn12)C1CCOC(CO)C1. The quantitative estimate of drug-likeness (QED) is 0.871. The second-order valence-electron chi connectivity index (χ2n) is 5.48. The molecule has 3 heterocycles. The van der Waals surface area contributed by atoms with Gasteiger partial charge in [-0.3, -0.25) is 9.20 Å². The zero-order chi connectivity index (χ0) is 16.2. The lowest BCUT2D eigenvalue weighted by molar-refractivity contribution is -0.0408. The van der Waals surface area contributed by atoms with Gasteiger partial charge in [0, 0.05) is 25.0 Å². The summed E-state index contributed by atoms with van der Waals surface area (Å²) in [4.78, 5) is 18.8. The molecule has 0 aliphatic carbocycles. The highest BCUT2D eigenvalue weighted by molar-refractivity contribution is 5.92. The minimum Gasteiger partial charge on any atom is -0.394 e. The van der Waals surface area contributed by atoms with E-state index < -0.39 is 0 Å². The second kappa shape index (κ2) is 6.79. The lowest BCUT2D eigenvalue weighted by Crippen LogP contribution is -2.44. The second-order valence-corrected chi connectivity index (χ2v) is 5.48. The number of imidazole rings is 1. The zero-order valence-electron chi connectivity index (χ0n) is 12.8. The Hall–Kier alpha value is -2.40. The van der Waals surface area contributed by atoms with Crippen molar-refractivity contribution in [2.45, 2.75) is 25.0 Å². The summed E-state index contributed by atoms with van der Waals surface area (Å²) in [6, 6.07) is 5.58. The molecule has 2 aromatic heterocycles. The normalized spacial score (nSPS) is 20.9. The van der Waals surface area contributed by atoms with Crippen molar-refractivity contribution in [3.63, 3.8) is 0 Å². The van der Waals surface area contributed by atoms with Gasteiger partial charge in [0.15, 0.2) is 0 Å². The van der Waals surface area contributed by atoms with Crippen LogP contribution >= 0.6 is 0 Å². The summed E-state index contributed by atoms with van der Waals surface area (Å²) in [5, 5.41) is 9.30. The number of nitrogens with zero attached hydrogens (tertiary/aromatic N) is 3. The van der Waals surface area contributed by atoms with E-state index >= 15 is 0 Å². The predicted octanol–water partition coefficient (Wildman–Crippen LogP) is 1.61. The first-order valence-corrected chi connectivity index (χ1v) is 7.57. The number of aliphatic hydroxyl groups excluding tert-OH is 1. The van der Waals surface area contributed by atoms with E-state index in [2.05, 4.69) is 17.3 Å². The number of hydrogen-bond donors (Lipinski definition) is 1. The number of amides is 1. The monoisotopic (exact) mass is 313 g/mol. The summed E-state index contributed by atoms with van der Waals surface area (Å²) in [6.45, 7) is 4.03. The minimum absolute atomic E-state index is 0.0529. The lowest BCUT2D eigenvalue weighted by atomic mass is 10.0. The van der Waals surface area contributed by atoms with E-state index in [4.69, 9.17) is 4.74 Å². The van der Waals surface area contributed by atoms with Crippen molar-refractivity contribution in [1.29, 1.82) is 0 Å². The molecule has 1 saturated heterocycles. The van der Waals surface area contributed by atoms with Gasteiger partial charge in [-0.15, -0.1) is 5.73 Å². The predicted molar refractivity (Wildman–Crippen MR) is 84.9 cm³/mol. The Labute approximate surface area is 134 Å². The van der Waals surface area contributed by atoms with Crippen LogP contribution in [0.1, 0.15) is 23.5 Å². The number of carbonyl (C=O) groups is 1. The third-order valence-electron chi connectivity index (χ3n) is 4.03. The topological polar surface area (TPSA) is 67.1 Å². The van der Waals surface area contributed by atoms with E-state index in [1.165, 1.54) is 0 Å². The maximum absolute atomic E-state index is 12.9. The molecule has 6 heteroatoms. The van der Waals surface area contributed by atoms with Gasteiger partial charge < -0.3 is 14.7 Å². The van der Waals surface area contributed by atoms with Crippen LogP contribution in [-0.2, 0) is 4.74 Å². The van der Waals surface area contributed by atoms with Crippen molar-refractivity contribution in [3.8, 4) is 0 Å². The van der Waals surface area contributed by atoms with Crippen LogP contribution < -0.4 is 0 Å². The first-order chi connectivity index (χ1) is 11.2. The van der Waals surface area contributed by atoms with E-state index in [1.54, 1.807) is 21.7 Å². The molecule has 0 bridgehead atoms. The van der Waals surface area contributed by atoms with Crippen LogP contribution in [-0.4, -0.2) is 50.7 Å². The molecular formula is C17H19N3O3. The van der Waals surface area contributed by atoms with Gasteiger partial charge in [0.25, 0.3) is 5.91 Å². The molecule has 0 spiro atoms. The van der Waals surface area contributed by atoms with Gasteiger partial charge in [-0.05, 0) is 25.0 Å². The molecule has 2 unspecified atom stereocenters. The van der Waals surface area contributed by atoms with Gasteiger partial charge in [0.05, 0.1) is 24.4 Å². The molecule has 0 saturated carbocycles. The highest BCUT2D eigenvalue weighted by Gasteiger charge is 2.31. The van der Waals surface area contributed by atoms with E-state index in [-0.39, 0.29) is 24.7 Å². The van der Waals surface area contributed by atoms with Crippen molar-refractivity contribution >= 4 is 11.4 Å². The van der Waals surface area contributed by atoms with Crippen molar-refractivity contribution in [1.82, 2.24) is 14.3 Å². The molecule has 1 amide bonds. The molecule has 6 nitrogen and oxygen atoms in total. The van der Waals surface area contributed by atoms with Gasteiger partial charge in [-0.25, -0.2) is 4.98 Å². The lowest BCUT2D eigenvalue weighted by Gasteiger charge is -2.34. The minimum atomic E-state index is -0.251. The van der Waals surface area contributed by atoms with Crippen molar-refractivity contribution in [2.24, 2.45) is 0 Å². The molecule has 2 atom stereocenters. The Bertz CT molecular complexity index is 748. The molecule has 1 aliphatic rings. The van der Waals surface area contributed by atoms with Gasteiger partial charge in [0.1, 0.15) is 0 Å². The van der Waals surface area contributed by atoms with E-state index in [1.807, 2.05) is 24.4 Å². The van der Waals surface area contributed by atoms with Crippen LogP contribution in [0.3, 0.4) is 0 Å². The summed E-state index contributed by atoms with van der Waals surface area (Å²) in [5.74, 6) is 0.134. The maximum Gasteiger partial charge on any atom is 0.294 e. The number of fused-ring (bicyclic) bond motifs is 1. The van der Waals surface area contributed by atoms with E-state index in [0.717, 1.165) is 5.52 Å². The van der Waals surface area contributed by atoms with Crippen molar-refractivity contribution in [3.05, 3.63) is 54.9 Å². The molecule has 3 rings (SSSR count). The van der Waals surface area contributed by atoms with E-state index in [0.29, 0.717) is 25.3 Å². The molecule has 0 radical (unpaired) electrons. The molecule has 1 N–H and O–H groups in total. The van der Waals surface area contributed by atoms with Gasteiger partial charge in [-0.2, -0.15) is 0 Å². The summed E-state index contributed by atoms with van der Waals surface area (Å²) in [6.07, 6.45) is 6.05. The Balaban J connectivity index is 1.91. The van der Waals surface area contributed by atoms with Crippen molar-refractivity contribution < 1.29 is 14.6 Å². The maximum atomic E-state index is 12.9.